The van der Waals surface area contributed by atoms with Crippen LogP contribution in [0.2, 0.25) is 5.02 Å². The van der Waals surface area contributed by atoms with Gasteiger partial charge in [-0.15, -0.1) is 0 Å². The Kier molecular flexibility index (Phi) is 7.89. The summed E-state index contributed by atoms with van der Waals surface area (Å²) in [5.74, 6) is -0.626. The number of imide groups is 1. The van der Waals surface area contributed by atoms with Gasteiger partial charge >= 0.3 is 6.03 Å². The molecule has 3 aromatic rings. The van der Waals surface area contributed by atoms with Gasteiger partial charge in [0.2, 0.25) is 5.91 Å². The summed E-state index contributed by atoms with van der Waals surface area (Å²) in [5.41, 5.74) is 2.80. The van der Waals surface area contributed by atoms with E-state index in [0.717, 1.165) is 22.9 Å². The van der Waals surface area contributed by atoms with E-state index >= 15 is 0 Å². The van der Waals surface area contributed by atoms with Crippen LogP contribution in [0.1, 0.15) is 11.1 Å². The third-order valence-corrected chi connectivity index (χ3v) is 5.97. The number of ether oxygens (including phenoxy) is 1. The highest BCUT2D eigenvalue weighted by molar-refractivity contribution is 7.99. The largest absolute Gasteiger partial charge is 0.383 e. The number of carbonyl (C=O) groups excluding carboxylic acids is 2. The highest BCUT2D eigenvalue weighted by Crippen LogP contribution is 2.25. The predicted octanol–water partition coefficient (Wildman–Crippen LogP) is 3.22. The summed E-state index contributed by atoms with van der Waals surface area (Å²) < 4.78 is 6.34. The van der Waals surface area contributed by atoms with Gasteiger partial charge in [0.05, 0.1) is 29.0 Å². The number of thioether (sulfide) groups is 1. The van der Waals surface area contributed by atoms with Crippen LogP contribution in [0.4, 0.5) is 4.79 Å². The minimum absolute atomic E-state index is 0.110. The second-order valence-corrected chi connectivity index (χ2v) is 8.38. The number of benzene rings is 2. The number of nitrogens with zero attached hydrogens (tertiary/aromatic N) is 2. The van der Waals surface area contributed by atoms with Crippen molar-refractivity contribution in [2.75, 3.05) is 26.0 Å². The van der Waals surface area contributed by atoms with Gasteiger partial charge in [-0.05, 0) is 49.2 Å². The van der Waals surface area contributed by atoms with Crippen molar-refractivity contribution in [3.63, 3.8) is 0 Å². The lowest BCUT2D eigenvalue weighted by molar-refractivity contribution is -0.117. The number of hydrogen-bond acceptors (Lipinski definition) is 6. The molecule has 0 saturated carbocycles. The molecule has 0 aliphatic rings. The molecule has 2 aromatic carbocycles. The Bertz CT molecular complexity index is 1230. The Morgan fingerprint density at radius 1 is 1.22 bits per heavy atom. The van der Waals surface area contributed by atoms with Crippen LogP contribution >= 0.6 is 23.4 Å². The number of halogens is 1. The van der Waals surface area contributed by atoms with Crippen LogP contribution in [0, 0.1) is 13.8 Å². The summed E-state index contributed by atoms with van der Waals surface area (Å²) in [6, 6.07) is 9.93. The Balaban J connectivity index is 1.94. The van der Waals surface area contributed by atoms with Crippen LogP contribution in [0.15, 0.2) is 46.3 Å². The number of amides is 3. The van der Waals surface area contributed by atoms with Crippen molar-refractivity contribution >= 4 is 46.2 Å². The topological polar surface area (TPSA) is 102 Å². The molecule has 2 N–H and O–H groups in total. The molecular weight excluding hydrogens is 452 g/mol. The first-order chi connectivity index (χ1) is 15.3. The van der Waals surface area contributed by atoms with Crippen molar-refractivity contribution in [3.8, 4) is 5.69 Å². The number of rotatable bonds is 7. The third-order valence-electron chi connectivity index (χ3n) is 4.79. The molecule has 0 atom stereocenters. The third kappa shape index (κ3) is 5.48. The van der Waals surface area contributed by atoms with Gasteiger partial charge in [-0.2, -0.15) is 0 Å². The molecule has 1 heterocycles. The SMILES string of the molecule is COCCNC(=O)NC(=O)CSc1nc2cc(Cl)ccc2c(=O)n1-c1cccc(C)c1C. The van der Waals surface area contributed by atoms with Gasteiger partial charge < -0.3 is 10.1 Å². The maximum Gasteiger partial charge on any atom is 0.321 e. The van der Waals surface area contributed by atoms with E-state index < -0.39 is 11.9 Å². The summed E-state index contributed by atoms with van der Waals surface area (Å²) in [6.07, 6.45) is 0. The minimum atomic E-state index is -0.613. The van der Waals surface area contributed by atoms with E-state index in [1.807, 2.05) is 32.0 Å². The molecule has 0 aliphatic carbocycles. The maximum atomic E-state index is 13.4. The van der Waals surface area contributed by atoms with Gasteiger partial charge in [-0.3, -0.25) is 19.5 Å². The van der Waals surface area contributed by atoms with Gasteiger partial charge in [-0.25, -0.2) is 9.78 Å². The number of nitrogens with one attached hydrogen (secondary N) is 2. The molecule has 0 aliphatic heterocycles. The fourth-order valence-corrected chi connectivity index (χ4v) is 4.00. The Hall–Kier alpha value is -2.88. The van der Waals surface area contributed by atoms with E-state index in [1.165, 1.54) is 11.7 Å². The monoisotopic (exact) mass is 474 g/mol. The molecule has 1 aromatic heterocycles. The fraction of sp³-hybridized carbons (Fsp3) is 0.273. The quantitative estimate of drug-likeness (QED) is 0.309. The van der Waals surface area contributed by atoms with E-state index in [4.69, 9.17) is 16.3 Å². The predicted molar refractivity (Wildman–Crippen MR) is 126 cm³/mol. The zero-order chi connectivity index (χ0) is 23.3. The molecule has 3 rings (SSSR count). The molecule has 0 saturated heterocycles. The molecule has 0 unspecified atom stereocenters. The summed E-state index contributed by atoms with van der Waals surface area (Å²) >= 11 is 7.15. The van der Waals surface area contributed by atoms with Crippen molar-refractivity contribution in [2.45, 2.75) is 19.0 Å². The summed E-state index contributed by atoms with van der Waals surface area (Å²) in [7, 11) is 1.51. The fourth-order valence-electron chi connectivity index (χ4n) is 3.03. The van der Waals surface area contributed by atoms with E-state index in [2.05, 4.69) is 15.6 Å². The van der Waals surface area contributed by atoms with Crippen molar-refractivity contribution < 1.29 is 14.3 Å². The second kappa shape index (κ2) is 10.6. The van der Waals surface area contributed by atoms with Crippen molar-refractivity contribution in [1.82, 2.24) is 20.2 Å². The molecule has 0 spiro atoms. The number of hydrogen-bond donors (Lipinski definition) is 2. The zero-order valence-corrected chi connectivity index (χ0v) is 19.5. The Morgan fingerprint density at radius 3 is 2.75 bits per heavy atom. The van der Waals surface area contributed by atoms with Gasteiger partial charge in [-0.1, -0.05) is 35.5 Å². The molecule has 0 fully saturated rings. The molecule has 3 amide bonds. The summed E-state index contributed by atoms with van der Waals surface area (Å²) in [4.78, 5) is 42.0. The highest BCUT2D eigenvalue weighted by Gasteiger charge is 2.17. The first-order valence-corrected chi connectivity index (χ1v) is 11.2. The molecule has 0 radical (unpaired) electrons. The standard InChI is InChI=1S/C22H23ClN4O4S/c1-13-5-4-6-18(14(13)2)27-20(29)16-8-7-15(23)11-17(16)25-22(27)32-12-19(28)26-21(30)24-9-10-31-3/h4-8,11H,9-10,12H2,1-3H3,(H2,24,26,28,30). The van der Waals surface area contributed by atoms with Gasteiger partial charge in [0, 0.05) is 18.7 Å². The molecule has 0 bridgehead atoms. The van der Waals surface area contributed by atoms with E-state index in [9.17, 15) is 14.4 Å². The maximum absolute atomic E-state index is 13.4. The van der Waals surface area contributed by atoms with Crippen LogP contribution < -0.4 is 16.2 Å². The number of urea groups is 1. The number of aromatic nitrogens is 2. The minimum Gasteiger partial charge on any atom is -0.383 e. The smallest absolute Gasteiger partial charge is 0.321 e. The number of fused-ring (bicyclic) bond motifs is 1. The molecule has 8 nitrogen and oxygen atoms in total. The lowest BCUT2D eigenvalue weighted by atomic mass is 10.1. The number of carbonyl (C=O) groups is 2. The van der Waals surface area contributed by atoms with Crippen LogP contribution in [0.25, 0.3) is 16.6 Å². The lowest BCUT2D eigenvalue weighted by Crippen LogP contribution is -2.41. The summed E-state index contributed by atoms with van der Waals surface area (Å²) in [5, 5.41) is 5.96. The van der Waals surface area contributed by atoms with Crippen LogP contribution in [-0.4, -0.2) is 47.5 Å². The van der Waals surface area contributed by atoms with Crippen LogP contribution in [0.3, 0.4) is 0 Å². The van der Waals surface area contributed by atoms with Gasteiger partial charge in [0.15, 0.2) is 5.16 Å². The average molecular weight is 475 g/mol. The Morgan fingerprint density at radius 2 is 2.00 bits per heavy atom. The Labute approximate surface area is 194 Å². The summed E-state index contributed by atoms with van der Waals surface area (Å²) in [6.45, 7) is 4.50. The average Bonchev–Trinajstić information content (AvgIpc) is 2.75. The van der Waals surface area contributed by atoms with Crippen molar-refractivity contribution in [2.24, 2.45) is 0 Å². The van der Waals surface area contributed by atoms with Crippen LogP contribution in [-0.2, 0) is 9.53 Å². The molecule has 168 valence electrons. The lowest BCUT2D eigenvalue weighted by Gasteiger charge is -2.16. The van der Waals surface area contributed by atoms with Gasteiger partial charge in [0.1, 0.15) is 0 Å². The van der Waals surface area contributed by atoms with Crippen molar-refractivity contribution in [3.05, 3.63) is 62.9 Å². The first kappa shape index (κ1) is 23.8. The highest BCUT2D eigenvalue weighted by atomic mass is 35.5. The first-order valence-electron chi connectivity index (χ1n) is 9.80. The number of aryl methyl sites for hydroxylation is 1. The van der Waals surface area contributed by atoms with E-state index in [-0.39, 0.29) is 17.9 Å². The van der Waals surface area contributed by atoms with Crippen molar-refractivity contribution in [1.29, 1.82) is 0 Å². The van der Waals surface area contributed by atoms with Crippen LogP contribution in [0.5, 0.6) is 0 Å². The molecule has 32 heavy (non-hydrogen) atoms. The zero-order valence-electron chi connectivity index (χ0n) is 17.9. The molecular formula is C22H23ClN4O4S. The normalized spacial score (nSPS) is 10.9. The second-order valence-electron chi connectivity index (χ2n) is 7.00. The van der Waals surface area contributed by atoms with E-state index in [1.54, 1.807) is 18.2 Å². The van der Waals surface area contributed by atoms with Gasteiger partial charge in [0.25, 0.3) is 5.56 Å². The van der Waals surface area contributed by atoms with E-state index in [0.29, 0.717) is 33.4 Å². The molecule has 10 heteroatoms. The number of methoxy groups -OCH3 is 1.